The number of rotatable bonds is 7. The van der Waals surface area contributed by atoms with E-state index in [1.165, 1.54) is 18.4 Å². The Morgan fingerprint density at radius 3 is 2.63 bits per heavy atom. The molecule has 0 fully saturated rings. The number of hydrogen-bond donors (Lipinski definition) is 1. The molecule has 0 aliphatic heterocycles. The lowest BCUT2D eigenvalue weighted by Crippen LogP contribution is -2.32. The number of nitro groups is 1. The Kier molecular flexibility index (Phi) is 5.30. The summed E-state index contributed by atoms with van der Waals surface area (Å²) in [6.45, 7) is 3.95. The average molecular weight is 370 g/mol. The molecule has 0 saturated carbocycles. The van der Waals surface area contributed by atoms with Crippen molar-refractivity contribution in [3.63, 3.8) is 0 Å². The fourth-order valence-electron chi connectivity index (χ4n) is 2.51. The lowest BCUT2D eigenvalue weighted by molar-refractivity contribution is -0.384. The van der Waals surface area contributed by atoms with E-state index in [2.05, 4.69) is 15.5 Å². The Morgan fingerprint density at radius 1 is 1.30 bits per heavy atom. The number of non-ortho nitro benzene ring substituents is 1. The third-order valence-corrected chi connectivity index (χ3v) is 4.29. The number of nitrogens with zero attached hydrogens (tertiary/aromatic N) is 3. The molecular formula is C18H18N4O5. The Labute approximate surface area is 154 Å². The molecule has 0 saturated heterocycles. The van der Waals surface area contributed by atoms with Gasteiger partial charge in [-0.2, -0.15) is 4.98 Å². The van der Waals surface area contributed by atoms with Crippen molar-refractivity contribution in [3.8, 4) is 11.4 Å². The van der Waals surface area contributed by atoms with Crippen LogP contribution in [0.1, 0.15) is 42.8 Å². The monoisotopic (exact) mass is 370 g/mol. The van der Waals surface area contributed by atoms with Gasteiger partial charge in [0.1, 0.15) is 6.04 Å². The number of carbonyl (C=O) groups excluding carboxylic acids is 1. The Morgan fingerprint density at radius 2 is 2.04 bits per heavy atom. The molecule has 0 spiro atoms. The van der Waals surface area contributed by atoms with Crippen LogP contribution in [0.15, 0.2) is 51.6 Å². The summed E-state index contributed by atoms with van der Waals surface area (Å²) in [4.78, 5) is 27.0. The smallest absolute Gasteiger partial charge is 0.287 e. The molecule has 3 aromatic rings. The van der Waals surface area contributed by atoms with Crippen LogP contribution in [0.25, 0.3) is 11.4 Å². The predicted molar refractivity (Wildman–Crippen MR) is 94.8 cm³/mol. The van der Waals surface area contributed by atoms with E-state index in [-0.39, 0.29) is 29.2 Å². The number of hydrogen-bond acceptors (Lipinski definition) is 7. The van der Waals surface area contributed by atoms with E-state index in [4.69, 9.17) is 8.94 Å². The SMILES string of the molecule is CCC(C)C(NC(=O)c1ccco1)c1nc(-c2ccc([N+](=O)[O-])cc2)no1. The maximum Gasteiger partial charge on any atom is 0.287 e. The molecule has 0 aliphatic carbocycles. The number of benzene rings is 1. The number of furan rings is 1. The van der Waals surface area contributed by atoms with Gasteiger partial charge < -0.3 is 14.3 Å². The van der Waals surface area contributed by atoms with Crippen LogP contribution < -0.4 is 5.32 Å². The van der Waals surface area contributed by atoms with Crippen molar-refractivity contribution in [2.75, 3.05) is 0 Å². The summed E-state index contributed by atoms with van der Waals surface area (Å²) in [7, 11) is 0. The zero-order valence-corrected chi connectivity index (χ0v) is 14.8. The van der Waals surface area contributed by atoms with Crippen LogP contribution in [-0.2, 0) is 0 Å². The lowest BCUT2D eigenvalue weighted by atomic mass is 9.99. The predicted octanol–water partition coefficient (Wildman–Crippen LogP) is 3.76. The van der Waals surface area contributed by atoms with Crippen LogP contribution in [0.4, 0.5) is 5.69 Å². The zero-order chi connectivity index (χ0) is 19.4. The van der Waals surface area contributed by atoms with Crippen LogP contribution in [0, 0.1) is 16.0 Å². The van der Waals surface area contributed by atoms with Gasteiger partial charge in [0.2, 0.25) is 11.7 Å². The van der Waals surface area contributed by atoms with Gasteiger partial charge in [0.15, 0.2) is 5.76 Å². The minimum Gasteiger partial charge on any atom is -0.459 e. The van der Waals surface area contributed by atoms with Crippen LogP contribution >= 0.6 is 0 Å². The second-order valence-electron chi connectivity index (χ2n) is 6.07. The Hall–Kier alpha value is -3.49. The molecule has 2 aromatic heterocycles. The van der Waals surface area contributed by atoms with Gasteiger partial charge in [-0.25, -0.2) is 0 Å². The van der Waals surface area contributed by atoms with Gasteiger partial charge >= 0.3 is 0 Å². The van der Waals surface area contributed by atoms with Gasteiger partial charge in [0.25, 0.3) is 11.6 Å². The number of nitrogens with one attached hydrogen (secondary N) is 1. The lowest BCUT2D eigenvalue weighted by Gasteiger charge is -2.20. The molecule has 27 heavy (non-hydrogen) atoms. The zero-order valence-electron chi connectivity index (χ0n) is 14.8. The summed E-state index contributed by atoms with van der Waals surface area (Å²) >= 11 is 0. The van der Waals surface area contributed by atoms with Crippen LogP contribution in [0.5, 0.6) is 0 Å². The molecule has 1 N–H and O–H groups in total. The van der Waals surface area contributed by atoms with Gasteiger partial charge in [0, 0.05) is 17.7 Å². The maximum atomic E-state index is 12.3. The summed E-state index contributed by atoms with van der Waals surface area (Å²) in [5.41, 5.74) is 0.557. The molecule has 2 unspecified atom stereocenters. The van der Waals surface area contributed by atoms with E-state index < -0.39 is 11.0 Å². The van der Waals surface area contributed by atoms with Crippen molar-refractivity contribution in [3.05, 3.63) is 64.4 Å². The third kappa shape index (κ3) is 4.02. The van der Waals surface area contributed by atoms with Gasteiger partial charge in [-0.05, 0) is 30.2 Å². The van der Waals surface area contributed by atoms with Crippen molar-refractivity contribution in [2.45, 2.75) is 26.3 Å². The summed E-state index contributed by atoms with van der Waals surface area (Å²) in [5.74, 6) is 0.408. The quantitative estimate of drug-likeness (QED) is 0.496. The summed E-state index contributed by atoms with van der Waals surface area (Å²) in [5, 5.41) is 17.6. The van der Waals surface area contributed by atoms with Gasteiger partial charge in [0.05, 0.1) is 11.2 Å². The number of aromatic nitrogens is 2. The molecule has 0 bridgehead atoms. The molecule has 1 amide bonds. The van der Waals surface area contributed by atoms with E-state index in [9.17, 15) is 14.9 Å². The Bertz CT molecular complexity index is 918. The fourth-order valence-corrected chi connectivity index (χ4v) is 2.51. The molecule has 140 valence electrons. The molecule has 2 heterocycles. The highest BCUT2D eigenvalue weighted by molar-refractivity contribution is 5.91. The molecular weight excluding hydrogens is 352 g/mol. The largest absolute Gasteiger partial charge is 0.459 e. The summed E-state index contributed by atoms with van der Waals surface area (Å²) in [6, 6.07) is 8.55. The fraction of sp³-hybridized carbons (Fsp3) is 0.278. The number of nitro benzene ring substituents is 1. The standard InChI is InChI=1S/C18H18N4O5/c1-3-11(2)15(19-17(23)14-5-4-10-26-14)18-20-16(21-27-18)12-6-8-13(9-7-12)22(24)25/h4-11,15H,3H2,1-2H3,(H,19,23). The Balaban J connectivity index is 1.83. The minimum absolute atomic E-state index is 0.0225. The highest BCUT2D eigenvalue weighted by Crippen LogP contribution is 2.27. The molecule has 0 aliphatic rings. The number of carbonyl (C=O) groups is 1. The van der Waals surface area contributed by atoms with E-state index in [0.29, 0.717) is 11.4 Å². The molecule has 1 aromatic carbocycles. The van der Waals surface area contributed by atoms with Gasteiger partial charge in [-0.15, -0.1) is 0 Å². The van der Waals surface area contributed by atoms with Gasteiger partial charge in [-0.3, -0.25) is 14.9 Å². The average Bonchev–Trinajstić information content (AvgIpc) is 3.37. The molecule has 9 heteroatoms. The summed E-state index contributed by atoms with van der Waals surface area (Å²) < 4.78 is 10.5. The van der Waals surface area contributed by atoms with Gasteiger partial charge in [-0.1, -0.05) is 25.4 Å². The first-order valence-corrected chi connectivity index (χ1v) is 8.42. The topological polar surface area (TPSA) is 124 Å². The van der Waals surface area contributed by atoms with E-state index in [0.717, 1.165) is 6.42 Å². The second-order valence-corrected chi connectivity index (χ2v) is 6.07. The van der Waals surface area contributed by atoms with E-state index in [1.54, 1.807) is 24.3 Å². The molecule has 2 atom stereocenters. The van der Waals surface area contributed by atoms with E-state index >= 15 is 0 Å². The van der Waals surface area contributed by atoms with E-state index in [1.807, 2.05) is 13.8 Å². The van der Waals surface area contributed by atoms with Crippen molar-refractivity contribution in [1.29, 1.82) is 0 Å². The highest BCUT2D eigenvalue weighted by atomic mass is 16.6. The second kappa shape index (κ2) is 7.81. The molecule has 9 nitrogen and oxygen atoms in total. The van der Waals surface area contributed by atoms with Crippen LogP contribution in [0.2, 0.25) is 0 Å². The normalized spacial score (nSPS) is 13.1. The van der Waals surface area contributed by atoms with Crippen molar-refractivity contribution < 1.29 is 18.7 Å². The summed E-state index contributed by atoms with van der Waals surface area (Å²) in [6.07, 6.45) is 2.20. The molecule has 3 rings (SSSR count). The van der Waals surface area contributed by atoms with Crippen molar-refractivity contribution in [1.82, 2.24) is 15.5 Å². The van der Waals surface area contributed by atoms with Crippen LogP contribution in [0.3, 0.4) is 0 Å². The first kappa shape index (κ1) is 18.3. The number of amides is 1. The first-order valence-electron chi connectivity index (χ1n) is 8.42. The minimum atomic E-state index is -0.494. The molecule has 0 radical (unpaired) electrons. The third-order valence-electron chi connectivity index (χ3n) is 4.29. The highest BCUT2D eigenvalue weighted by Gasteiger charge is 2.27. The van der Waals surface area contributed by atoms with Crippen molar-refractivity contribution in [2.24, 2.45) is 5.92 Å². The van der Waals surface area contributed by atoms with Crippen LogP contribution in [-0.4, -0.2) is 21.0 Å². The maximum absolute atomic E-state index is 12.3. The first-order chi connectivity index (χ1) is 13.0. The van der Waals surface area contributed by atoms with Crippen molar-refractivity contribution >= 4 is 11.6 Å².